The lowest BCUT2D eigenvalue weighted by atomic mass is 9.79. The van der Waals surface area contributed by atoms with E-state index < -0.39 is 0 Å². The highest BCUT2D eigenvalue weighted by Gasteiger charge is 2.34. The molecule has 0 radical (unpaired) electrons. The first-order chi connectivity index (χ1) is 9.15. The van der Waals surface area contributed by atoms with Gasteiger partial charge in [0.1, 0.15) is 0 Å². The predicted octanol–water partition coefficient (Wildman–Crippen LogP) is 0.647. The lowest BCUT2D eigenvalue weighted by molar-refractivity contribution is -0.136. The topological polar surface area (TPSA) is 61.4 Å². The van der Waals surface area contributed by atoms with E-state index in [1.165, 1.54) is 19.3 Å². The molecule has 0 spiro atoms. The monoisotopic (exact) mass is 267 g/mol. The van der Waals surface area contributed by atoms with Crippen molar-refractivity contribution in [2.24, 2.45) is 0 Å². The van der Waals surface area contributed by atoms with Crippen LogP contribution in [0.25, 0.3) is 0 Å². The van der Waals surface area contributed by atoms with Crippen molar-refractivity contribution in [1.29, 1.82) is 0 Å². The van der Waals surface area contributed by atoms with E-state index >= 15 is 0 Å². The normalized spacial score (nSPS) is 23.6. The van der Waals surface area contributed by atoms with Gasteiger partial charge in [-0.15, -0.1) is 0 Å². The summed E-state index contributed by atoms with van der Waals surface area (Å²) in [6, 6.07) is 0. The average molecular weight is 267 g/mol. The Hall–Kier alpha value is -1.10. The summed E-state index contributed by atoms with van der Waals surface area (Å²) in [5, 5.41) is 6.17. The Labute approximate surface area is 115 Å². The van der Waals surface area contributed by atoms with E-state index in [1.807, 2.05) is 7.05 Å². The van der Waals surface area contributed by atoms with Crippen molar-refractivity contribution in [2.45, 2.75) is 50.5 Å². The number of nitrogens with one attached hydrogen (secondary N) is 2. The molecule has 2 aliphatic rings. The van der Waals surface area contributed by atoms with Gasteiger partial charge in [0.25, 0.3) is 0 Å². The highest BCUT2D eigenvalue weighted by molar-refractivity contribution is 5.85. The summed E-state index contributed by atoms with van der Waals surface area (Å²) in [6.45, 7) is 1.59. The minimum Gasteiger partial charge on any atom is -0.354 e. The van der Waals surface area contributed by atoms with Gasteiger partial charge in [0.2, 0.25) is 11.8 Å². The first-order valence-electron chi connectivity index (χ1n) is 7.39. The molecule has 1 saturated heterocycles. The van der Waals surface area contributed by atoms with Crippen LogP contribution in [0.2, 0.25) is 0 Å². The maximum absolute atomic E-state index is 12.4. The molecule has 1 heterocycles. The van der Waals surface area contributed by atoms with Crippen LogP contribution in [-0.4, -0.2) is 48.9 Å². The lowest BCUT2D eigenvalue weighted by Crippen LogP contribution is -2.49. The van der Waals surface area contributed by atoms with E-state index in [-0.39, 0.29) is 23.9 Å². The number of hydrogen-bond acceptors (Lipinski definition) is 3. The van der Waals surface area contributed by atoms with Crippen LogP contribution in [0.5, 0.6) is 0 Å². The Bertz CT molecular complexity index is 338. The molecular weight excluding hydrogens is 242 g/mol. The zero-order valence-corrected chi connectivity index (χ0v) is 11.8. The SMILES string of the molecule is CNC1(CC(=O)N2CCCNC(=O)C2)CCCCC1. The Balaban J connectivity index is 1.96. The number of rotatable bonds is 3. The summed E-state index contributed by atoms with van der Waals surface area (Å²) in [5.41, 5.74) is -0.0435. The number of carbonyl (C=O) groups is 2. The van der Waals surface area contributed by atoms with Gasteiger partial charge >= 0.3 is 0 Å². The highest BCUT2D eigenvalue weighted by atomic mass is 16.2. The molecule has 1 aliphatic heterocycles. The fraction of sp³-hybridized carbons (Fsp3) is 0.857. The van der Waals surface area contributed by atoms with E-state index in [0.29, 0.717) is 19.5 Å². The molecule has 2 fully saturated rings. The minimum absolute atomic E-state index is 0.0343. The first-order valence-corrected chi connectivity index (χ1v) is 7.39. The van der Waals surface area contributed by atoms with Crippen LogP contribution in [0.15, 0.2) is 0 Å². The molecule has 108 valence electrons. The minimum atomic E-state index is -0.0435. The fourth-order valence-corrected chi connectivity index (χ4v) is 3.16. The van der Waals surface area contributed by atoms with E-state index in [2.05, 4.69) is 10.6 Å². The maximum atomic E-state index is 12.4. The number of carbonyl (C=O) groups excluding carboxylic acids is 2. The van der Waals surface area contributed by atoms with Gasteiger partial charge in [-0.25, -0.2) is 0 Å². The third-order valence-electron chi connectivity index (χ3n) is 4.44. The Morgan fingerprint density at radius 3 is 2.74 bits per heavy atom. The standard InChI is InChI=1S/C14H25N3O2/c1-15-14(6-3-2-4-7-14)10-13(19)17-9-5-8-16-12(18)11-17/h15H,2-11H2,1H3,(H,16,18). The van der Waals surface area contributed by atoms with Crippen molar-refractivity contribution < 1.29 is 9.59 Å². The summed E-state index contributed by atoms with van der Waals surface area (Å²) in [6.07, 6.45) is 7.15. The smallest absolute Gasteiger partial charge is 0.239 e. The average Bonchev–Trinajstić information content (AvgIpc) is 2.64. The third-order valence-corrected chi connectivity index (χ3v) is 4.44. The molecule has 0 unspecified atom stereocenters. The molecule has 0 atom stereocenters. The summed E-state index contributed by atoms with van der Waals surface area (Å²) in [4.78, 5) is 25.7. The van der Waals surface area contributed by atoms with Gasteiger partial charge in [-0.3, -0.25) is 9.59 Å². The van der Waals surface area contributed by atoms with Crippen LogP contribution in [0.4, 0.5) is 0 Å². The zero-order valence-electron chi connectivity index (χ0n) is 11.8. The first kappa shape index (κ1) is 14.3. The molecule has 0 aromatic carbocycles. The van der Waals surface area contributed by atoms with Crippen molar-refractivity contribution in [2.75, 3.05) is 26.7 Å². The summed E-state index contributed by atoms with van der Waals surface area (Å²) < 4.78 is 0. The second-order valence-corrected chi connectivity index (χ2v) is 5.79. The Morgan fingerprint density at radius 2 is 2.05 bits per heavy atom. The Morgan fingerprint density at radius 1 is 1.32 bits per heavy atom. The number of hydrogen-bond donors (Lipinski definition) is 2. The number of nitrogens with zero attached hydrogens (tertiary/aromatic N) is 1. The van der Waals surface area contributed by atoms with Crippen LogP contribution in [0.3, 0.4) is 0 Å². The second kappa shape index (κ2) is 6.37. The predicted molar refractivity (Wildman–Crippen MR) is 73.7 cm³/mol. The van der Waals surface area contributed by atoms with Crippen LogP contribution in [0, 0.1) is 0 Å². The lowest BCUT2D eigenvalue weighted by Gasteiger charge is -2.38. The summed E-state index contributed by atoms with van der Waals surface area (Å²) >= 11 is 0. The molecule has 2 N–H and O–H groups in total. The van der Waals surface area contributed by atoms with Gasteiger partial charge in [-0.1, -0.05) is 19.3 Å². The van der Waals surface area contributed by atoms with E-state index in [1.54, 1.807) is 4.90 Å². The molecule has 2 amide bonds. The molecule has 1 aliphatic carbocycles. The molecule has 19 heavy (non-hydrogen) atoms. The quantitative estimate of drug-likeness (QED) is 0.789. The van der Waals surface area contributed by atoms with Gasteiger partial charge < -0.3 is 15.5 Å². The van der Waals surface area contributed by atoms with Crippen molar-refractivity contribution in [1.82, 2.24) is 15.5 Å². The van der Waals surface area contributed by atoms with Crippen molar-refractivity contribution in [3.05, 3.63) is 0 Å². The molecule has 0 bridgehead atoms. The van der Waals surface area contributed by atoms with E-state index in [4.69, 9.17) is 0 Å². The molecule has 0 aromatic heterocycles. The van der Waals surface area contributed by atoms with Gasteiger partial charge in [-0.2, -0.15) is 0 Å². The van der Waals surface area contributed by atoms with E-state index in [9.17, 15) is 9.59 Å². The third kappa shape index (κ3) is 3.69. The van der Waals surface area contributed by atoms with Gasteiger partial charge in [-0.05, 0) is 26.3 Å². The Kier molecular flexibility index (Phi) is 4.80. The fourth-order valence-electron chi connectivity index (χ4n) is 3.16. The van der Waals surface area contributed by atoms with Gasteiger partial charge in [0.05, 0.1) is 6.54 Å². The van der Waals surface area contributed by atoms with Crippen LogP contribution in [-0.2, 0) is 9.59 Å². The van der Waals surface area contributed by atoms with Crippen LogP contribution in [0.1, 0.15) is 44.9 Å². The number of amides is 2. The summed E-state index contributed by atoms with van der Waals surface area (Å²) in [5.74, 6) is 0.0845. The maximum Gasteiger partial charge on any atom is 0.239 e. The molecule has 5 heteroatoms. The van der Waals surface area contributed by atoms with Gasteiger partial charge in [0, 0.05) is 25.0 Å². The van der Waals surface area contributed by atoms with Gasteiger partial charge in [0.15, 0.2) is 0 Å². The van der Waals surface area contributed by atoms with Crippen molar-refractivity contribution in [3.8, 4) is 0 Å². The second-order valence-electron chi connectivity index (χ2n) is 5.79. The molecule has 5 nitrogen and oxygen atoms in total. The zero-order chi connectivity index (χ0) is 13.7. The van der Waals surface area contributed by atoms with Crippen LogP contribution < -0.4 is 10.6 Å². The summed E-state index contributed by atoms with van der Waals surface area (Å²) in [7, 11) is 1.95. The van der Waals surface area contributed by atoms with Crippen LogP contribution >= 0.6 is 0 Å². The molecule has 1 saturated carbocycles. The molecule has 2 rings (SSSR count). The van der Waals surface area contributed by atoms with E-state index in [0.717, 1.165) is 19.3 Å². The van der Waals surface area contributed by atoms with Crippen molar-refractivity contribution in [3.63, 3.8) is 0 Å². The molecule has 0 aromatic rings. The largest absolute Gasteiger partial charge is 0.354 e. The highest BCUT2D eigenvalue weighted by Crippen LogP contribution is 2.31. The van der Waals surface area contributed by atoms with Crippen molar-refractivity contribution >= 4 is 11.8 Å². The molecular formula is C14H25N3O2.